The van der Waals surface area contributed by atoms with Crippen molar-refractivity contribution in [2.45, 2.75) is 38.3 Å². The molecule has 0 spiro atoms. The van der Waals surface area contributed by atoms with Crippen LogP contribution in [0.15, 0.2) is 5.38 Å². The van der Waals surface area contributed by atoms with Crippen molar-refractivity contribution in [1.82, 2.24) is 14.8 Å². The van der Waals surface area contributed by atoms with E-state index in [0.717, 1.165) is 43.6 Å². The van der Waals surface area contributed by atoms with Gasteiger partial charge in [0.15, 0.2) is 0 Å². The lowest BCUT2D eigenvalue weighted by Crippen LogP contribution is -2.61. The predicted octanol–water partition coefficient (Wildman–Crippen LogP) is 1.78. The van der Waals surface area contributed by atoms with Crippen molar-refractivity contribution in [1.29, 1.82) is 0 Å². The number of nitrogens with zero attached hydrogens (tertiary/aromatic N) is 3. The number of hydrogen-bond donors (Lipinski definition) is 0. The first-order chi connectivity index (χ1) is 10.7. The standard InChI is InChI=1S/C16H23N3O2S/c1-11-17-13(10-22-11)16(20)19-5-4-15-14(9-19)18(6-7-21-15)8-12-2-3-12/h10,12,14-15H,2-9H2,1H3/t14-,15-/m1/s1. The summed E-state index contributed by atoms with van der Waals surface area (Å²) >= 11 is 1.54. The fraction of sp³-hybridized carbons (Fsp3) is 0.750. The van der Waals surface area contributed by atoms with Gasteiger partial charge in [0.05, 0.1) is 23.8 Å². The molecule has 22 heavy (non-hydrogen) atoms. The predicted molar refractivity (Wildman–Crippen MR) is 85.2 cm³/mol. The second-order valence-corrected chi connectivity index (χ2v) is 7.77. The molecule has 5 nitrogen and oxygen atoms in total. The van der Waals surface area contributed by atoms with Gasteiger partial charge >= 0.3 is 0 Å². The van der Waals surface area contributed by atoms with Gasteiger partial charge in [-0.1, -0.05) is 0 Å². The lowest BCUT2D eigenvalue weighted by molar-refractivity contribution is -0.0989. The first-order valence-electron chi connectivity index (χ1n) is 8.28. The number of rotatable bonds is 3. The fourth-order valence-electron chi connectivity index (χ4n) is 3.61. The molecule has 0 aromatic carbocycles. The van der Waals surface area contributed by atoms with E-state index < -0.39 is 0 Å². The van der Waals surface area contributed by atoms with E-state index in [1.165, 1.54) is 19.4 Å². The molecule has 120 valence electrons. The highest BCUT2D eigenvalue weighted by atomic mass is 32.1. The smallest absolute Gasteiger partial charge is 0.273 e. The third-order valence-electron chi connectivity index (χ3n) is 5.01. The molecule has 1 aliphatic carbocycles. The van der Waals surface area contributed by atoms with Gasteiger partial charge in [0.25, 0.3) is 5.91 Å². The van der Waals surface area contributed by atoms with Gasteiger partial charge in [0.1, 0.15) is 5.69 Å². The zero-order valence-electron chi connectivity index (χ0n) is 13.0. The first-order valence-corrected chi connectivity index (χ1v) is 9.16. The van der Waals surface area contributed by atoms with Crippen LogP contribution in [-0.2, 0) is 4.74 Å². The van der Waals surface area contributed by atoms with Crippen molar-refractivity contribution in [2.75, 3.05) is 32.8 Å². The number of carbonyl (C=O) groups is 1. The molecule has 3 aliphatic rings. The Balaban J connectivity index is 1.46. The van der Waals surface area contributed by atoms with Crippen LogP contribution >= 0.6 is 11.3 Å². The number of hydrogen-bond acceptors (Lipinski definition) is 5. The van der Waals surface area contributed by atoms with Crippen molar-refractivity contribution in [3.63, 3.8) is 0 Å². The Morgan fingerprint density at radius 1 is 1.41 bits per heavy atom. The van der Waals surface area contributed by atoms with Crippen molar-refractivity contribution in [3.05, 3.63) is 16.1 Å². The van der Waals surface area contributed by atoms with E-state index in [2.05, 4.69) is 9.88 Å². The Kier molecular flexibility index (Phi) is 3.92. The highest BCUT2D eigenvalue weighted by Gasteiger charge is 2.40. The summed E-state index contributed by atoms with van der Waals surface area (Å²) < 4.78 is 5.96. The lowest BCUT2D eigenvalue weighted by atomic mass is 9.98. The first kappa shape index (κ1) is 14.6. The number of ether oxygens (including phenoxy) is 1. The molecule has 0 unspecified atom stereocenters. The molecule has 0 radical (unpaired) electrons. The van der Waals surface area contributed by atoms with Gasteiger partial charge in [-0.2, -0.15) is 0 Å². The topological polar surface area (TPSA) is 45.7 Å². The third kappa shape index (κ3) is 2.92. The van der Waals surface area contributed by atoms with Crippen molar-refractivity contribution in [3.8, 4) is 0 Å². The van der Waals surface area contributed by atoms with Gasteiger partial charge < -0.3 is 9.64 Å². The van der Waals surface area contributed by atoms with E-state index in [9.17, 15) is 4.79 Å². The minimum atomic E-state index is 0.0831. The van der Waals surface area contributed by atoms with E-state index in [1.54, 1.807) is 11.3 Å². The van der Waals surface area contributed by atoms with Crippen LogP contribution in [0.25, 0.3) is 0 Å². The van der Waals surface area contributed by atoms with Crippen LogP contribution < -0.4 is 0 Å². The molecule has 0 bridgehead atoms. The number of morpholine rings is 1. The zero-order chi connectivity index (χ0) is 15.1. The molecule has 2 atom stereocenters. The number of aromatic nitrogens is 1. The normalized spacial score (nSPS) is 29.4. The maximum Gasteiger partial charge on any atom is 0.273 e. The number of thiazole rings is 1. The molecular weight excluding hydrogens is 298 g/mol. The number of aryl methyl sites for hydroxylation is 1. The van der Waals surface area contributed by atoms with Crippen LogP contribution in [0.2, 0.25) is 0 Å². The summed E-state index contributed by atoms with van der Waals surface area (Å²) in [5.74, 6) is 0.964. The molecule has 1 aromatic rings. The van der Waals surface area contributed by atoms with Crippen LogP contribution in [0.1, 0.15) is 34.8 Å². The molecule has 6 heteroatoms. The second-order valence-electron chi connectivity index (χ2n) is 6.71. The highest BCUT2D eigenvalue weighted by molar-refractivity contribution is 7.09. The van der Waals surface area contributed by atoms with Crippen LogP contribution in [0.4, 0.5) is 0 Å². The maximum absolute atomic E-state index is 12.6. The van der Waals surface area contributed by atoms with E-state index >= 15 is 0 Å². The van der Waals surface area contributed by atoms with Crippen molar-refractivity contribution < 1.29 is 9.53 Å². The number of piperidine rings is 1. The SMILES string of the molecule is Cc1nc(C(=O)N2CC[C@H]3OCCN(CC4CC4)[C@@H]3C2)cs1. The lowest BCUT2D eigenvalue weighted by Gasteiger charge is -2.47. The Morgan fingerprint density at radius 3 is 3.00 bits per heavy atom. The Labute approximate surface area is 135 Å². The molecule has 1 amide bonds. The summed E-state index contributed by atoms with van der Waals surface area (Å²) in [4.78, 5) is 21.5. The molecule has 3 fully saturated rings. The van der Waals surface area contributed by atoms with E-state index in [4.69, 9.17) is 4.74 Å². The minimum absolute atomic E-state index is 0.0831. The molecule has 2 aliphatic heterocycles. The Hall–Kier alpha value is -0.980. The largest absolute Gasteiger partial charge is 0.375 e. The molecule has 2 saturated heterocycles. The molecule has 1 aromatic heterocycles. The van der Waals surface area contributed by atoms with Gasteiger partial charge in [-0.3, -0.25) is 9.69 Å². The number of amides is 1. The second kappa shape index (κ2) is 5.91. The Bertz CT molecular complexity index is 557. The molecule has 3 heterocycles. The third-order valence-corrected chi connectivity index (χ3v) is 5.79. The van der Waals surface area contributed by atoms with Crippen LogP contribution in [-0.4, -0.2) is 65.6 Å². The summed E-state index contributed by atoms with van der Waals surface area (Å²) in [5.41, 5.74) is 0.603. The summed E-state index contributed by atoms with van der Waals surface area (Å²) in [6.45, 7) is 6.55. The Morgan fingerprint density at radius 2 is 2.27 bits per heavy atom. The zero-order valence-corrected chi connectivity index (χ0v) is 13.8. The maximum atomic E-state index is 12.6. The van der Waals surface area contributed by atoms with E-state index in [-0.39, 0.29) is 5.91 Å². The quantitative estimate of drug-likeness (QED) is 0.851. The van der Waals surface area contributed by atoms with Gasteiger partial charge in [-0.15, -0.1) is 11.3 Å². The van der Waals surface area contributed by atoms with E-state index in [1.807, 2.05) is 17.2 Å². The average molecular weight is 321 g/mol. The van der Waals surface area contributed by atoms with Gasteiger partial charge in [-0.25, -0.2) is 4.98 Å². The summed E-state index contributed by atoms with van der Waals surface area (Å²) in [6, 6.07) is 0.367. The van der Waals surface area contributed by atoms with Gasteiger partial charge in [0, 0.05) is 31.6 Å². The van der Waals surface area contributed by atoms with Gasteiger partial charge in [0.2, 0.25) is 0 Å². The number of likely N-dealkylation sites (tertiary alicyclic amines) is 1. The van der Waals surface area contributed by atoms with Gasteiger partial charge in [-0.05, 0) is 32.1 Å². The van der Waals surface area contributed by atoms with E-state index in [0.29, 0.717) is 17.8 Å². The van der Waals surface area contributed by atoms with Crippen LogP contribution in [0.5, 0.6) is 0 Å². The summed E-state index contributed by atoms with van der Waals surface area (Å²) in [5, 5.41) is 2.83. The molecule has 4 rings (SSSR count). The van der Waals surface area contributed by atoms with Crippen LogP contribution in [0, 0.1) is 12.8 Å². The fourth-order valence-corrected chi connectivity index (χ4v) is 4.20. The molecular formula is C16H23N3O2S. The summed E-state index contributed by atoms with van der Waals surface area (Å²) in [6.07, 6.45) is 3.99. The summed E-state index contributed by atoms with van der Waals surface area (Å²) in [7, 11) is 0. The van der Waals surface area contributed by atoms with Crippen molar-refractivity contribution >= 4 is 17.2 Å². The minimum Gasteiger partial charge on any atom is -0.375 e. The number of fused-ring (bicyclic) bond motifs is 1. The van der Waals surface area contributed by atoms with Crippen LogP contribution in [0.3, 0.4) is 0 Å². The monoisotopic (exact) mass is 321 g/mol. The molecule has 1 saturated carbocycles. The average Bonchev–Trinajstić information content (AvgIpc) is 3.25. The molecule has 0 N–H and O–H groups in total. The van der Waals surface area contributed by atoms with Crippen molar-refractivity contribution in [2.24, 2.45) is 5.92 Å². The highest BCUT2D eigenvalue weighted by Crippen LogP contribution is 2.33. The number of carbonyl (C=O) groups excluding carboxylic acids is 1.